The molecule has 1 aliphatic heterocycles. The van der Waals surface area contributed by atoms with E-state index in [0.29, 0.717) is 0 Å². The third-order valence-electron chi connectivity index (χ3n) is 3.49. The molecule has 4 heteroatoms. The highest BCUT2D eigenvalue weighted by molar-refractivity contribution is 7.20. The van der Waals surface area contributed by atoms with E-state index < -0.39 is 0 Å². The van der Waals surface area contributed by atoms with Crippen LogP contribution in [0.3, 0.4) is 0 Å². The first-order valence-corrected chi connectivity index (χ1v) is 7.01. The number of benzene rings is 1. The number of aliphatic hydroxyl groups excluding tert-OH is 1. The molecule has 1 aromatic heterocycles. The van der Waals surface area contributed by atoms with Crippen LogP contribution in [-0.4, -0.2) is 35.1 Å². The summed E-state index contributed by atoms with van der Waals surface area (Å²) in [4.78, 5) is 15.0. The maximum Gasteiger partial charge on any atom is 0.264 e. The van der Waals surface area contributed by atoms with Gasteiger partial charge in [0.25, 0.3) is 5.91 Å². The summed E-state index contributed by atoms with van der Waals surface area (Å²) in [7, 11) is 0. The van der Waals surface area contributed by atoms with Gasteiger partial charge in [0.05, 0.1) is 17.5 Å². The fraction of sp³-hybridized carbons (Fsp3) is 0.357. The van der Waals surface area contributed by atoms with E-state index in [2.05, 4.69) is 0 Å². The predicted molar refractivity (Wildman–Crippen MR) is 73.0 cm³/mol. The lowest BCUT2D eigenvalue weighted by atomic mass is 10.2. The van der Waals surface area contributed by atoms with E-state index in [4.69, 9.17) is 0 Å². The Balaban J connectivity index is 1.91. The first kappa shape index (κ1) is 11.7. The molecular weight excluding hydrogens is 246 g/mol. The van der Waals surface area contributed by atoms with Crippen LogP contribution in [0.25, 0.3) is 10.1 Å². The molecule has 94 valence electrons. The van der Waals surface area contributed by atoms with E-state index in [1.807, 2.05) is 35.2 Å². The molecule has 0 unspecified atom stereocenters. The summed E-state index contributed by atoms with van der Waals surface area (Å²) in [5, 5.41) is 10.4. The van der Waals surface area contributed by atoms with E-state index in [1.165, 1.54) is 11.3 Å². The van der Waals surface area contributed by atoms with Crippen LogP contribution in [0.4, 0.5) is 0 Å². The second kappa shape index (κ2) is 4.71. The molecular formula is C14H15NO2S. The summed E-state index contributed by atoms with van der Waals surface area (Å²) in [6.45, 7) is 0.828. The fourth-order valence-corrected chi connectivity index (χ4v) is 3.54. The summed E-state index contributed by atoms with van der Waals surface area (Å²) in [6, 6.07) is 9.98. The number of aliphatic hydroxyl groups is 1. The lowest BCUT2D eigenvalue weighted by molar-refractivity contribution is 0.0682. The summed E-state index contributed by atoms with van der Waals surface area (Å²) in [5.74, 6) is 0.0627. The minimum absolute atomic E-state index is 0.00251. The predicted octanol–water partition coefficient (Wildman–Crippen LogP) is 2.50. The van der Waals surface area contributed by atoms with Crippen molar-refractivity contribution in [2.45, 2.75) is 18.9 Å². The molecule has 0 bridgehead atoms. The number of likely N-dealkylation sites (tertiary alicyclic amines) is 1. The molecule has 3 nitrogen and oxygen atoms in total. The first-order chi connectivity index (χ1) is 8.79. The Morgan fingerprint density at radius 1 is 1.44 bits per heavy atom. The molecule has 1 atom stereocenters. The molecule has 1 fully saturated rings. The van der Waals surface area contributed by atoms with Gasteiger partial charge in [-0.25, -0.2) is 0 Å². The fourth-order valence-electron chi connectivity index (χ4n) is 2.52. The molecule has 1 aromatic carbocycles. The Morgan fingerprint density at radius 3 is 3.06 bits per heavy atom. The van der Waals surface area contributed by atoms with Crippen molar-refractivity contribution in [1.82, 2.24) is 4.90 Å². The number of carbonyl (C=O) groups excluding carboxylic acids is 1. The number of rotatable bonds is 2. The van der Waals surface area contributed by atoms with Gasteiger partial charge in [0.2, 0.25) is 0 Å². The van der Waals surface area contributed by atoms with Crippen molar-refractivity contribution in [3.8, 4) is 0 Å². The zero-order chi connectivity index (χ0) is 12.5. The molecule has 1 N–H and O–H groups in total. The van der Waals surface area contributed by atoms with Crippen LogP contribution in [0.5, 0.6) is 0 Å². The van der Waals surface area contributed by atoms with Crippen molar-refractivity contribution in [2.24, 2.45) is 0 Å². The van der Waals surface area contributed by atoms with Gasteiger partial charge in [-0.05, 0) is 30.4 Å². The average molecular weight is 261 g/mol. The summed E-state index contributed by atoms with van der Waals surface area (Å²) in [5.41, 5.74) is 0. The lowest BCUT2D eigenvalue weighted by Crippen LogP contribution is -2.37. The SMILES string of the molecule is O=C(c1cc2ccccc2s1)N1CCC[C@@H]1CO. The Bertz CT molecular complexity index is 545. The molecule has 2 heterocycles. The third kappa shape index (κ3) is 1.91. The normalized spacial score (nSPS) is 19.6. The quantitative estimate of drug-likeness (QED) is 0.902. The third-order valence-corrected chi connectivity index (χ3v) is 4.59. The Kier molecular flexibility index (Phi) is 3.06. The maximum absolute atomic E-state index is 12.4. The Labute approximate surface area is 110 Å². The summed E-state index contributed by atoms with van der Waals surface area (Å²) in [6.07, 6.45) is 1.90. The van der Waals surface area contributed by atoms with Crippen LogP contribution in [0.1, 0.15) is 22.5 Å². The van der Waals surface area contributed by atoms with Gasteiger partial charge in [-0.1, -0.05) is 18.2 Å². The molecule has 3 rings (SSSR count). The van der Waals surface area contributed by atoms with E-state index in [0.717, 1.165) is 34.3 Å². The molecule has 0 aliphatic carbocycles. The second-order valence-electron chi connectivity index (χ2n) is 4.63. The largest absolute Gasteiger partial charge is 0.394 e. The molecule has 1 aliphatic rings. The van der Waals surface area contributed by atoms with Crippen molar-refractivity contribution in [3.63, 3.8) is 0 Å². The molecule has 1 amide bonds. The molecule has 2 aromatic rings. The first-order valence-electron chi connectivity index (χ1n) is 6.20. The molecule has 1 saturated heterocycles. The monoisotopic (exact) mass is 261 g/mol. The smallest absolute Gasteiger partial charge is 0.264 e. The minimum atomic E-state index is 0.00251. The van der Waals surface area contributed by atoms with E-state index >= 15 is 0 Å². The highest BCUT2D eigenvalue weighted by atomic mass is 32.1. The molecule has 0 radical (unpaired) electrons. The topological polar surface area (TPSA) is 40.5 Å². The van der Waals surface area contributed by atoms with Crippen molar-refractivity contribution >= 4 is 27.3 Å². The molecule has 18 heavy (non-hydrogen) atoms. The number of hydrogen-bond acceptors (Lipinski definition) is 3. The number of hydrogen-bond donors (Lipinski definition) is 1. The van der Waals surface area contributed by atoms with Gasteiger partial charge in [-0.2, -0.15) is 0 Å². The highest BCUT2D eigenvalue weighted by Gasteiger charge is 2.29. The summed E-state index contributed by atoms with van der Waals surface area (Å²) >= 11 is 1.53. The van der Waals surface area contributed by atoms with Crippen LogP contribution < -0.4 is 0 Å². The van der Waals surface area contributed by atoms with E-state index in [9.17, 15) is 9.90 Å². The number of thiophene rings is 1. The van der Waals surface area contributed by atoms with Gasteiger partial charge in [-0.15, -0.1) is 11.3 Å². The van der Waals surface area contributed by atoms with Gasteiger partial charge in [0.1, 0.15) is 0 Å². The van der Waals surface area contributed by atoms with Crippen molar-refractivity contribution in [3.05, 3.63) is 35.2 Å². The lowest BCUT2D eigenvalue weighted by Gasteiger charge is -2.22. The van der Waals surface area contributed by atoms with Crippen molar-refractivity contribution in [1.29, 1.82) is 0 Å². The van der Waals surface area contributed by atoms with Crippen molar-refractivity contribution in [2.75, 3.05) is 13.2 Å². The molecule has 0 saturated carbocycles. The van der Waals surface area contributed by atoms with Gasteiger partial charge in [-0.3, -0.25) is 4.79 Å². The van der Waals surface area contributed by atoms with E-state index in [-0.39, 0.29) is 18.6 Å². The average Bonchev–Trinajstić information content (AvgIpc) is 3.03. The number of nitrogens with zero attached hydrogens (tertiary/aromatic N) is 1. The van der Waals surface area contributed by atoms with Gasteiger partial charge >= 0.3 is 0 Å². The zero-order valence-electron chi connectivity index (χ0n) is 10.0. The number of fused-ring (bicyclic) bond motifs is 1. The zero-order valence-corrected chi connectivity index (χ0v) is 10.8. The van der Waals surface area contributed by atoms with Crippen LogP contribution in [0.15, 0.2) is 30.3 Å². The standard InChI is InChI=1S/C14H15NO2S/c16-9-11-5-3-7-15(11)14(17)13-8-10-4-1-2-6-12(10)18-13/h1-2,4,6,8,11,16H,3,5,7,9H2/t11-/m1/s1. The Hall–Kier alpha value is -1.39. The number of carbonyl (C=O) groups is 1. The highest BCUT2D eigenvalue weighted by Crippen LogP contribution is 2.28. The second-order valence-corrected chi connectivity index (χ2v) is 5.71. The van der Waals surface area contributed by atoms with Gasteiger partial charge in [0.15, 0.2) is 0 Å². The minimum Gasteiger partial charge on any atom is -0.394 e. The van der Waals surface area contributed by atoms with Crippen molar-refractivity contribution < 1.29 is 9.90 Å². The van der Waals surface area contributed by atoms with Crippen LogP contribution in [0, 0.1) is 0 Å². The van der Waals surface area contributed by atoms with Crippen LogP contribution in [0.2, 0.25) is 0 Å². The van der Waals surface area contributed by atoms with Crippen LogP contribution in [-0.2, 0) is 0 Å². The Morgan fingerprint density at radius 2 is 2.28 bits per heavy atom. The van der Waals surface area contributed by atoms with Gasteiger partial charge in [0, 0.05) is 11.2 Å². The van der Waals surface area contributed by atoms with E-state index in [1.54, 1.807) is 0 Å². The van der Waals surface area contributed by atoms with Gasteiger partial charge < -0.3 is 10.0 Å². The summed E-state index contributed by atoms with van der Waals surface area (Å²) < 4.78 is 1.14. The van der Waals surface area contributed by atoms with Crippen LogP contribution >= 0.6 is 11.3 Å². The maximum atomic E-state index is 12.4. The molecule has 0 spiro atoms. The number of amides is 1.